The van der Waals surface area contributed by atoms with E-state index >= 15 is 0 Å². The highest BCUT2D eigenvalue weighted by Crippen LogP contribution is 2.28. The summed E-state index contributed by atoms with van der Waals surface area (Å²) in [4.78, 5) is 0. The van der Waals surface area contributed by atoms with Gasteiger partial charge in [-0.25, -0.2) is 0 Å². The summed E-state index contributed by atoms with van der Waals surface area (Å²) < 4.78 is 0. The Balaban J connectivity index is 1.82. The van der Waals surface area contributed by atoms with Crippen molar-refractivity contribution in [2.24, 2.45) is 0 Å². The predicted octanol–water partition coefficient (Wildman–Crippen LogP) is 3.69. The molecule has 1 aliphatic carbocycles. The molecule has 1 heterocycles. The Morgan fingerprint density at radius 2 is 2.00 bits per heavy atom. The molecule has 1 aromatic heterocycles. The number of hydrogen-bond donors (Lipinski definition) is 2. The zero-order chi connectivity index (χ0) is 13.4. The van der Waals surface area contributed by atoms with E-state index in [-0.39, 0.29) is 0 Å². The molecular weight excluding hydrogens is 234 g/mol. The summed E-state index contributed by atoms with van der Waals surface area (Å²) in [6, 6.07) is 7.23. The van der Waals surface area contributed by atoms with Crippen LogP contribution in [0.4, 0.5) is 5.69 Å². The SMILES string of the molecule is Cc1n[nH]c(C)c1NC(C)c1ccc2c(c1)CCC2. The van der Waals surface area contributed by atoms with Crippen LogP contribution in [-0.2, 0) is 12.8 Å². The number of aromatic nitrogens is 2. The van der Waals surface area contributed by atoms with Crippen LogP contribution in [0.2, 0.25) is 0 Å². The molecule has 1 unspecified atom stereocenters. The van der Waals surface area contributed by atoms with Gasteiger partial charge in [-0.1, -0.05) is 18.2 Å². The van der Waals surface area contributed by atoms with E-state index in [0.717, 1.165) is 17.1 Å². The fraction of sp³-hybridized carbons (Fsp3) is 0.438. The van der Waals surface area contributed by atoms with Gasteiger partial charge in [0.15, 0.2) is 0 Å². The molecule has 1 aromatic carbocycles. The Morgan fingerprint density at radius 3 is 2.74 bits per heavy atom. The van der Waals surface area contributed by atoms with Crippen molar-refractivity contribution in [2.45, 2.75) is 46.1 Å². The highest BCUT2D eigenvalue weighted by atomic mass is 15.2. The molecule has 2 aromatic rings. The molecule has 0 saturated heterocycles. The first-order valence-electron chi connectivity index (χ1n) is 7.05. The van der Waals surface area contributed by atoms with Crippen molar-refractivity contribution in [3.63, 3.8) is 0 Å². The second kappa shape index (κ2) is 4.72. The highest BCUT2D eigenvalue weighted by molar-refractivity contribution is 5.53. The lowest BCUT2D eigenvalue weighted by molar-refractivity contribution is 0.875. The Kier molecular flexibility index (Phi) is 3.05. The second-order valence-corrected chi connectivity index (χ2v) is 5.56. The van der Waals surface area contributed by atoms with Crippen molar-refractivity contribution in [1.82, 2.24) is 10.2 Å². The molecule has 1 atom stereocenters. The minimum atomic E-state index is 0.306. The molecule has 2 N–H and O–H groups in total. The smallest absolute Gasteiger partial charge is 0.0825 e. The molecule has 3 heteroatoms. The number of hydrogen-bond acceptors (Lipinski definition) is 2. The molecule has 0 spiro atoms. The average molecular weight is 255 g/mol. The van der Waals surface area contributed by atoms with Crippen LogP contribution in [0, 0.1) is 13.8 Å². The molecule has 3 rings (SSSR count). The highest BCUT2D eigenvalue weighted by Gasteiger charge is 2.15. The van der Waals surface area contributed by atoms with Crippen LogP contribution in [0.3, 0.4) is 0 Å². The van der Waals surface area contributed by atoms with Gasteiger partial charge in [0.25, 0.3) is 0 Å². The molecule has 0 radical (unpaired) electrons. The lowest BCUT2D eigenvalue weighted by Gasteiger charge is -2.17. The zero-order valence-electron chi connectivity index (χ0n) is 11.9. The van der Waals surface area contributed by atoms with Gasteiger partial charge in [0.05, 0.1) is 17.1 Å². The zero-order valence-corrected chi connectivity index (χ0v) is 11.9. The largest absolute Gasteiger partial charge is 0.376 e. The summed E-state index contributed by atoms with van der Waals surface area (Å²) >= 11 is 0. The lowest BCUT2D eigenvalue weighted by atomic mass is 10.0. The molecule has 0 aliphatic heterocycles. The topological polar surface area (TPSA) is 40.7 Å². The number of aryl methyl sites for hydroxylation is 4. The van der Waals surface area contributed by atoms with E-state index in [9.17, 15) is 0 Å². The van der Waals surface area contributed by atoms with E-state index in [0.29, 0.717) is 6.04 Å². The van der Waals surface area contributed by atoms with Crippen LogP contribution >= 0.6 is 0 Å². The number of anilines is 1. The molecule has 0 amide bonds. The standard InChI is InChI=1S/C16H21N3/c1-10(17-16-11(2)18-19-12(16)3)14-8-7-13-5-4-6-15(13)9-14/h7-10,17H,4-6H2,1-3H3,(H,18,19). The van der Waals surface area contributed by atoms with Gasteiger partial charge in [0.2, 0.25) is 0 Å². The third-order valence-electron chi connectivity index (χ3n) is 4.11. The fourth-order valence-electron chi connectivity index (χ4n) is 2.92. The number of fused-ring (bicyclic) bond motifs is 1. The average Bonchev–Trinajstić information content (AvgIpc) is 2.99. The van der Waals surface area contributed by atoms with Crippen LogP contribution in [0.15, 0.2) is 18.2 Å². The van der Waals surface area contributed by atoms with Crippen LogP contribution in [-0.4, -0.2) is 10.2 Å². The molecule has 0 fully saturated rings. The van der Waals surface area contributed by atoms with Gasteiger partial charge in [0.1, 0.15) is 0 Å². The number of nitrogens with zero attached hydrogens (tertiary/aromatic N) is 1. The summed E-state index contributed by atoms with van der Waals surface area (Å²) in [5.74, 6) is 0. The number of aromatic amines is 1. The summed E-state index contributed by atoms with van der Waals surface area (Å²) in [7, 11) is 0. The number of benzene rings is 1. The van der Waals surface area contributed by atoms with Gasteiger partial charge in [-0.05, 0) is 56.7 Å². The summed E-state index contributed by atoms with van der Waals surface area (Å²) in [5, 5.41) is 10.8. The van der Waals surface area contributed by atoms with Gasteiger partial charge < -0.3 is 5.32 Å². The van der Waals surface area contributed by atoms with E-state index in [1.807, 2.05) is 6.92 Å². The first-order chi connectivity index (χ1) is 9.15. The maximum Gasteiger partial charge on any atom is 0.0825 e. The Bertz CT molecular complexity index is 579. The van der Waals surface area contributed by atoms with Crippen molar-refractivity contribution in [3.8, 4) is 0 Å². The quantitative estimate of drug-likeness (QED) is 0.878. The van der Waals surface area contributed by atoms with Gasteiger partial charge in [0, 0.05) is 6.04 Å². The van der Waals surface area contributed by atoms with Crippen LogP contribution < -0.4 is 5.32 Å². The first kappa shape index (κ1) is 12.3. The molecule has 0 bridgehead atoms. The van der Waals surface area contributed by atoms with E-state index in [1.54, 1.807) is 0 Å². The van der Waals surface area contributed by atoms with Crippen molar-refractivity contribution in [2.75, 3.05) is 5.32 Å². The molecule has 19 heavy (non-hydrogen) atoms. The maximum absolute atomic E-state index is 4.23. The monoisotopic (exact) mass is 255 g/mol. The van der Waals surface area contributed by atoms with E-state index in [4.69, 9.17) is 0 Å². The Labute approximate surface area is 114 Å². The second-order valence-electron chi connectivity index (χ2n) is 5.56. The van der Waals surface area contributed by atoms with Crippen molar-refractivity contribution >= 4 is 5.69 Å². The van der Waals surface area contributed by atoms with Crippen molar-refractivity contribution in [3.05, 3.63) is 46.3 Å². The van der Waals surface area contributed by atoms with E-state index in [2.05, 4.69) is 47.6 Å². The molecule has 1 aliphatic rings. The molecular formula is C16H21N3. The normalized spacial score (nSPS) is 15.3. The maximum atomic E-state index is 4.23. The Hall–Kier alpha value is -1.77. The molecule has 0 saturated carbocycles. The van der Waals surface area contributed by atoms with Crippen molar-refractivity contribution in [1.29, 1.82) is 0 Å². The lowest BCUT2D eigenvalue weighted by Crippen LogP contribution is -2.08. The van der Waals surface area contributed by atoms with E-state index in [1.165, 1.54) is 36.0 Å². The van der Waals surface area contributed by atoms with Crippen LogP contribution in [0.1, 0.15) is 47.5 Å². The summed E-state index contributed by atoms with van der Waals surface area (Å²) in [6.45, 7) is 6.29. The van der Waals surface area contributed by atoms with E-state index < -0.39 is 0 Å². The predicted molar refractivity (Wildman–Crippen MR) is 78.6 cm³/mol. The van der Waals surface area contributed by atoms with Crippen LogP contribution in [0.5, 0.6) is 0 Å². The van der Waals surface area contributed by atoms with Gasteiger partial charge >= 0.3 is 0 Å². The van der Waals surface area contributed by atoms with Gasteiger partial charge in [-0.15, -0.1) is 0 Å². The molecule has 3 nitrogen and oxygen atoms in total. The number of H-pyrrole nitrogens is 1. The van der Waals surface area contributed by atoms with Crippen LogP contribution in [0.25, 0.3) is 0 Å². The molecule has 100 valence electrons. The van der Waals surface area contributed by atoms with Gasteiger partial charge in [-0.3, -0.25) is 5.10 Å². The fourth-order valence-corrected chi connectivity index (χ4v) is 2.92. The summed E-state index contributed by atoms with van der Waals surface area (Å²) in [5.41, 5.74) is 7.70. The third-order valence-corrected chi connectivity index (χ3v) is 4.11. The van der Waals surface area contributed by atoms with Gasteiger partial charge in [-0.2, -0.15) is 5.10 Å². The number of rotatable bonds is 3. The van der Waals surface area contributed by atoms with Crippen molar-refractivity contribution < 1.29 is 0 Å². The summed E-state index contributed by atoms with van der Waals surface area (Å²) in [6.07, 6.45) is 3.79. The first-order valence-corrected chi connectivity index (χ1v) is 7.05. The minimum Gasteiger partial charge on any atom is -0.376 e. The Morgan fingerprint density at radius 1 is 1.21 bits per heavy atom. The minimum absolute atomic E-state index is 0.306. The third kappa shape index (κ3) is 2.25. The number of nitrogens with one attached hydrogen (secondary N) is 2.